The van der Waals surface area contributed by atoms with Crippen LogP contribution in [0.3, 0.4) is 0 Å². The van der Waals surface area contributed by atoms with Crippen molar-refractivity contribution in [2.24, 2.45) is 0 Å². The molecule has 0 aliphatic carbocycles. The van der Waals surface area contributed by atoms with Gasteiger partial charge in [0.15, 0.2) is 0 Å². The highest BCUT2D eigenvalue weighted by atomic mass is 16.5. The fourth-order valence-corrected chi connectivity index (χ4v) is 1.46. The largest absolute Gasteiger partial charge is 0.496 e. The van der Waals surface area contributed by atoms with Gasteiger partial charge in [-0.2, -0.15) is 4.98 Å². The number of Topliss-reactive ketones (excluding diaryl/α,β-unsaturated/α-hetero) is 1. The average Bonchev–Trinajstić information content (AvgIpc) is 2.78. The Kier molecular flexibility index (Phi) is 2.91. The summed E-state index contributed by atoms with van der Waals surface area (Å²) in [4.78, 5) is 15.1. The number of ether oxygens (including phenoxy) is 1. The molecule has 1 aromatic carbocycles. The number of hydrogen-bond acceptors (Lipinski definition) is 5. The maximum absolute atomic E-state index is 11.1. The Hall–Kier alpha value is -2.17. The maximum Gasteiger partial charge on any atom is 0.294 e. The van der Waals surface area contributed by atoms with Crippen LogP contribution in [0.2, 0.25) is 0 Å². The second-order valence-electron chi connectivity index (χ2n) is 3.68. The molecule has 2 aromatic rings. The molecule has 5 nitrogen and oxygen atoms in total. The van der Waals surface area contributed by atoms with Crippen molar-refractivity contribution in [3.63, 3.8) is 0 Å². The van der Waals surface area contributed by atoms with E-state index in [4.69, 9.17) is 9.26 Å². The molecule has 0 unspecified atom stereocenters. The summed E-state index contributed by atoms with van der Waals surface area (Å²) in [5.41, 5.74) is 1.77. The lowest BCUT2D eigenvalue weighted by atomic mass is 10.1. The summed E-state index contributed by atoms with van der Waals surface area (Å²) >= 11 is 0. The van der Waals surface area contributed by atoms with Gasteiger partial charge in [0.25, 0.3) is 5.89 Å². The Balaban J connectivity index is 2.48. The summed E-state index contributed by atoms with van der Waals surface area (Å²) in [5.74, 6) is 0.755. The molecule has 1 aromatic heterocycles. The van der Waals surface area contributed by atoms with Gasteiger partial charge in [-0.15, -0.1) is 0 Å². The lowest BCUT2D eigenvalue weighted by molar-refractivity contribution is 0.0972. The number of carbonyl (C=O) groups is 1. The molecule has 5 heteroatoms. The highest BCUT2D eigenvalue weighted by Gasteiger charge is 2.15. The Morgan fingerprint density at radius 3 is 2.76 bits per heavy atom. The Morgan fingerprint density at radius 2 is 2.18 bits per heavy atom. The lowest BCUT2D eigenvalue weighted by Gasteiger charge is -2.05. The molecule has 0 saturated heterocycles. The van der Waals surface area contributed by atoms with Crippen LogP contribution in [0.5, 0.6) is 5.75 Å². The third-order valence-corrected chi connectivity index (χ3v) is 2.33. The van der Waals surface area contributed by atoms with Crippen LogP contribution in [0.1, 0.15) is 23.2 Å². The predicted molar refractivity (Wildman–Crippen MR) is 61.0 cm³/mol. The van der Waals surface area contributed by atoms with Crippen LogP contribution in [-0.4, -0.2) is 23.0 Å². The van der Waals surface area contributed by atoms with E-state index in [1.807, 2.05) is 25.1 Å². The molecule has 0 atom stereocenters. The molecule has 0 aliphatic heterocycles. The molecule has 0 N–H and O–H groups in total. The normalized spacial score (nSPS) is 10.3. The van der Waals surface area contributed by atoms with Gasteiger partial charge in [0.05, 0.1) is 12.7 Å². The van der Waals surface area contributed by atoms with Crippen LogP contribution in [-0.2, 0) is 0 Å². The predicted octanol–water partition coefficient (Wildman–Crippen LogP) is 2.26. The fourth-order valence-electron chi connectivity index (χ4n) is 1.46. The standard InChI is InChI=1S/C12H12N2O3/c1-7-4-5-9(10(6-7)16-3)11-13-12(8(2)15)17-14-11/h4-6H,1-3H3. The molecule has 0 amide bonds. The fraction of sp³-hybridized carbons (Fsp3) is 0.250. The van der Waals surface area contributed by atoms with Crippen molar-refractivity contribution in [2.45, 2.75) is 13.8 Å². The molecule has 0 radical (unpaired) electrons. The zero-order chi connectivity index (χ0) is 12.4. The highest BCUT2D eigenvalue weighted by Crippen LogP contribution is 2.28. The molecule has 0 aliphatic rings. The van der Waals surface area contributed by atoms with Gasteiger partial charge in [-0.25, -0.2) is 0 Å². The zero-order valence-electron chi connectivity index (χ0n) is 9.85. The van der Waals surface area contributed by atoms with E-state index >= 15 is 0 Å². The SMILES string of the molecule is COc1cc(C)ccc1-c1noc(C(C)=O)n1. The highest BCUT2D eigenvalue weighted by molar-refractivity contribution is 5.89. The summed E-state index contributed by atoms with van der Waals surface area (Å²) in [6.07, 6.45) is 0. The van der Waals surface area contributed by atoms with Crippen molar-refractivity contribution in [3.05, 3.63) is 29.7 Å². The van der Waals surface area contributed by atoms with Crippen LogP contribution in [0.25, 0.3) is 11.4 Å². The van der Waals surface area contributed by atoms with E-state index in [9.17, 15) is 4.79 Å². The molecular formula is C12H12N2O3. The molecule has 88 valence electrons. The summed E-state index contributed by atoms with van der Waals surface area (Å²) in [6, 6.07) is 5.63. The van der Waals surface area contributed by atoms with Crippen molar-refractivity contribution in [3.8, 4) is 17.1 Å². The molecule has 0 spiro atoms. The van der Waals surface area contributed by atoms with E-state index in [1.54, 1.807) is 7.11 Å². The van der Waals surface area contributed by atoms with Crippen molar-refractivity contribution in [1.29, 1.82) is 0 Å². The maximum atomic E-state index is 11.1. The van der Waals surface area contributed by atoms with Gasteiger partial charge < -0.3 is 9.26 Å². The van der Waals surface area contributed by atoms with Gasteiger partial charge in [-0.3, -0.25) is 4.79 Å². The van der Waals surface area contributed by atoms with Crippen LogP contribution in [0, 0.1) is 6.92 Å². The van der Waals surface area contributed by atoms with Crippen molar-refractivity contribution >= 4 is 5.78 Å². The van der Waals surface area contributed by atoms with E-state index in [2.05, 4.69) is 10.1 Å². The first-order chi connectivity index (χ1) is 8.11. The number of hydrogen-bond donors (Lipinski definition) is 0. The van der Waals surface area contributed by atoms with Crippen molar-refractivity contribution in [2.75, 3.05) is 7.11 Å². The number of carbonyl (C=O) groups excluding carboxylic acids is 1. The van der Waals surface area contributed by atoms with Gasteiger partial charge in [0.1, 0.15) is 5.75 Å². The molecule has 17 heavy (non-hydrogen) atoms. The first-order valence-corrected chi connectivity index (χ1v) is 5.11. The van der Waals surface area contributed by atoms with Gasteiger partial charge in [-0.1, -0.05) is 11.2 Å². The van der Waals surface area contributed by atoms with Crippen LogP contribution in [0.15, 0.2) is 22.7 Å². The quantitative estimate of drug-likeness (QED) is 0.759. The molecule has 0 fully saturated rings. The smallest absolute Gasteiger partial charge is 0.294 e. The summed E-state index contributed by atoms with van der Waals surface area (Å²) in [6.45, 7) is 3.34. The van der Waals surface area contributed by atoms with Gasteiger partial charge in [0, 0.05) is 6.92 Å². The lowest BCUT2D eigenvalue weighted by Crippen LogP contribution is -1.93. The summed E-state index contributed by atoms with van der Waals surface area (Å²) < 4.78 is 10.1. The van der Waals surface area contributed by atoms with Crippen LogP contribution >= 0.6 is 0 Å². The number of rotatable bonds is 3. The third kappa shape index (κ3) is 2.18. The van der Waals surface area contributed by atoms with Crippen molar-refractivity contribution < 1.29 is 14.1 Å². The average molecular weight is 232 g/mol. The second-order valence-corrected chi connectivity index (χ2v) is 3.68. The number of benzene rings is 1. The Bertz CT molecular complexity index is 561. The molecule has 0 bridgehead atoms. The first kappa shape index (κ1) is 11.3. The minimum Gasteiger partial charge on any atom is -0.496 e. The first-order valence-electron chi connectivity index (χ1n) is 5.11. The monoisotopic (exact) mass is 232 g/mol. The van der Waals surface area contributed by atoms with Gasteiger partial charge >= 0.3 is 0 Å². The van der Waals surface area contributed by atoms with E-state index < -0.39 is 0 Å². The Labute approximate surface area is 98.4 Å². The molecular weight excluding hydrogens is 220 g/mol. The molecule has 0 saturated carbocycles. The molecule has 2 rings (SSSR count). The number of aryl methyl sites for hydroxylation is 1. The zero-order valence-corrected chi connectivity index (χ0v) is 9.85. The van der Waals surface area contributed by atoms with Gasteiger partial charge in [-0.05, 0) is 24.6 Å². The third-order valence-electron chi connectivity index (χ3n) is 2.33. The molecule has 1 heterocycles. The number of methoxy groups -OCH3 is 1. The van der Waals surface area contributed by atoms with Crippen LogP contribution < -0.4 is 4.74 Å². The number of nitrogens with zero attached hydrogens (tertiary/aromatic N) is 2. The summed E-state index contributed by atoms with van der Waals surface area (Å²) in [5, 5.41) is 3.76. The van der Waals surface area contributed by atoms with E-state index in [0.717, 1.165) is 5.56 Å². The van der Waals surface area contributed by atoms with Crippen molar-refractivity contribution in [1.82, 2.24) is 10.1 Å². The summed E-state index contributed by atoms with van der Waals surface area (Å²) in [7, 11) is 1.57. The van der Waals surface area contributed by atoms with E-state index in [1.165, 1.54) is 6.92 Å². The second kappa shape index (κ2) is 4.37. The van der Waals surface area contributed by atoms with Crippen LogP contribution in [0.4, 0.5) is 0 Å². The van der Waals surface area contributed by atoms with Gasteiger partial charge in [0.2, 0.25) is 11.6 Å². The van der Waals surface area contributed by atoms with E-state index in [0.29, 0.717) is 17.1 Å². The number of aromatic nitrogens is 2. The Morgan fingerprint density at radius 1 is 1.41 bits per heavy atom. The number of ketones is 1. The topological polar surface area (TPSA) is 65.2 Å². The minimum atomic E-state index is -0.255. The minimum absolute atomic E-state index is 0.00243. The van der Waals surface area contributed by atoms with E-state index in [-0.39, 0.29) is 11.7 Å².